The first-order valence-electron chi connectivity index (χ1n) is 10.5. The molecule has 1 aliphatic carbocycles. The quantitative estimate of drug-likeness (QED) is 0.693. The van der Waals surface area contributed by atoms with Gasteiger partial charge >= 0.3 is 0 Å². The predicted molar refractivity (Wildman–Crippen MR) is 121 cm³/mol. The summed E-state index contributed by atoms with van der Waals surface area (Å²) in [5.74, 6) is 0.395. The molecule has 2 aromatic carbocycles. The van der Waals surface area contributed by atoms with Gasteiger partial charge in [-0.3, -0.25) is 0 Å². The van der Waals surface area contributed by atoms with Crippen LogP contribution in [0.4, 0.5) is 0 Å². The van der Waals surface area contributed by atoms with Crippen molar-refractivity contribution in [1.29, 1.82) is 0 Å². The van der Waals surface area contributed by atoms with Crippen molar-refractivity contribution in [3.05, 3.63) is 60.7 Å². The molecule has 0 aromatic heterocycles. The minimum atomic E-state index is -2.48. The average Bonchev–Trinajstić information content (AvgIpc) is 3.26. The van der Waals surface area contributed by atoms with E-state index in [0.717, 1.165) is 13.0 Å². The molecule has 3 rings (SSSR count). The lowest BCUT2D eigenvalue weighted by Crippen LogP contribution is -2.67. The lowest BCUT2D eigenvalue weighted by atomic mass is 9.85. The van der Waals surface area contributed by atoms with Crippen LogP contribution in [0, 0.1) is 16.7 Å². The molecule has 0 unspecified atom stereocenters. The lowest BCUT2D eigenvalue weighted by Gasteiger charge is -2.44. The highest BCUT2D eigenvalue weighted by molar-refractivity contribution is 6.99. The molecule has 1 fully saturated rings. The molecule has 3 atom stereocenters. The van der Waals surface area contributed by atoms with E-state index in [2.05, 4.69) is 102 Å². The molecular formula is C25H36O2Si. The molecule has 28 heavy (non-hydrogen) atoms. The standard InChI is InChI=1S/C25H36O2Si/c1-20(25(6)18-24(25,5)19-26)17-27-28(23(2,3)4,21-13-9-7-10-14-21)22-15-11-8-12-16-22/h7-16,20,26H,17-19H2,1-6H3/t20-,24-,25+/m1/s1. The van der Waals surface area contributed by atoms with E-state index in [4.69, 9.17) is 4.43 Å². The normalized spacial score (nSPS) is 26.1. The number of benzene rings is 2. The molecule has 0 radical (unpaired) electrons. The van der Waals surface area contributed by atoms with Crippen molar-refractivity contribution in [2.24, 2.45) is 16.7 Å². The summed E-state index contributed by atoms with van der Waals surface area (Å²) in [6.07, 6.45) is 1.07. The molecule has 0 spiro atoms. The summed E-state index contributed by atoms with van der Waals surface area (Å²) in [5.41, 5.74) is 0.175. The Balaban J connectivity index is 2.00. The topological polar surface area (TPSA) is 29.5 Å². The van der Waals surface area contributed by atoms with Gasteiger partial charge in [0.25, 0.3) is 8.32 Å². The third-order valence-corrected chi connectivity index (χ3v) is 12.4. The highest BCUT2D eigenvalue weighted by Gasteiger charge is 2.63. The first-order chi connectivity index (χ1) is 13.1. The Kier molecular flexibility index (Phi) is 5.65. The lowest BCUT2D eigenvalue weighted by molar-refractivity contribution is 0.129. The fourth-order valence-corrected chi connectivity index (χ4v) is 9.62. The molecule has 0 heterocycles. The molecule has 2 nitrogen and oxygen atoms in total. The molecule has 3 heteroatoms. The van der Waals surface area contributed by atoms with Gasteiger partial charge < -0.3 is 9.53 Å². The summed E-state index contributed by atoms with van der Waals surface area (Å²) in [7, 11) is -2.48. The third kappa shape index (κ3) is 3.38. The molecule has 2 aromatic rings. The number of rotatable bonds is 7. The Labute approximate surface area is 172 Å². The van der Waals surface area contributed by atoms with Gasteiger partial charge in [-0.1, -0.05) is 102 Å². The van der Waals surface area contributed by atoms with Gasteiger partial charge in [0.15, 0.2) is 0 Å². The van der Waals surface area contributed by atoms with Crippen LogP contribution in [0.25, 0.3) is 0 Å². The molecular weight excluding hydrogens is 360 g/mol. The van der Waals surface area contributed by atoms with Crippen LogP contribution in [-0.4, -0.2) is 26.6 Å². The highest BCUT2D eigenvalue weighted by Crippen LogP contribution is 2.67. The van der Waals surface area contributed by atoms with Crippen molar-refractivity contribution < 1.29 is 9.53 Å². The van der Waals surface area contributed by atoms with E-state index in [9.17, 15) is 5.11 Å². The highest BCUT2D eigenvalue weighted by atomic mass is 28.4. The maximum Gasteiger partial charge on any atom is 0.261 e. The molecule has 0 amide bonds. The van der Waals surface area contributed by atoms with E-state index in [0.29, 0.717) is 5.92 Å². The molecule has 0 saturated heterocycles. The van der Waals surface area contributed by atoms with E-state index in [1.807, 2.05) is 0 Å². The van der Waals surface area contributed by atoms with Crippen LogP contribution in [0.5, 0.6) is 0 Å². The molecule has 0 bridgehead atoms. The Bertz CT molecular complexity index is 744. The average molecular weight is 397 g/mol. The largest absolute Gasteiger partial charge is 0.407 e. The second-order valence-corrected chi connectivity index (χ2v) is 14.5. The van der Waals surface area contributed by atoms with Crippen LogP contribution in [0.2, 0.25) is 5.04 Å². The summed E-state index contributed by atoms with van der Waals surface area (Å²) < 4.78 is 7.09. The number of hydrogen-bond acceptors (Lipinski definition) is 2. The number of hydrogen-bond donors (Lipinski definition) is 1. The summed E-state index contributed by atoms with van der Waals surface area (Å²) in [4.78, 5) is 0. The fraction of sp³-hybridized carbons (Fsp3) is 0.520. The van der Waals surface area contributed by atoms with E-state index in [-0.39, 0.29) is 22.5 Å². The molecule has 0 aliphatic heterocycles. The zero-order valence-electron chi connectivity index (χ0n) is 18.3. The van der Waals surface area contributed by atoms with Crippen LogP contribution in [0.3, 0.4) is 0 Å². The van der Waals surface area contributed by atoms with Gasteiger partial charge in [0.1, 0.15) is 0 Å². The zero-order valence-corrected chi connectivity index (χ0v) is 19.3. The van der Waals surface area contributed by atoms with Gasteiger partial charge in [-0.15, -0.1) is 0 Å². The van der Waals surface area contributed by atoms with Gasteiger partial charge in [-0.2, -0.15) is 0 Å². The first-order valence-corrected chi connectivity index (χ1v) is 12.4. The van der Waals surface area contributed by atoms with Crippen molar-refractivity contribution in [1.82, 2.24) is 0 Å². The Morgan fingerprint density at radius 2 is 1.43 bits per heavy atom. The maximum atomic E-state index is 9.83. The van der Waals surface area contributed by atoms with Gasteiger partial charge in [0.05, 0.1) is 0 Å². The summed E-state index contributed by atoms with van der Waals surface area (Å²) in [6.45, 7) is 14.7. The van der Waals surface area contributed by atoms with Crippen molar-refractivity contribution in [3.8, 4) is 0 Å². The fourth-order valence-electron chi connectivity index (χ4n) is 4.97. The molecule has 152 valence electrons. The van der Waals surface area contributed by atoms with E-state index < -0.39 is 8.32 Å². The Morgan fingerprint density at radius 1 is 0.964 bits per heavy atom. The third-order valence-electron chi connectivity index (χ3n) is 7.41. The zero-order chi connectivity index (χ0) is 20.6. The first kappa shape index (κ1) is 21.3. The van der Waals surface area contributed by atoms with Gasteiger partial charge in [-0.25, -0.2) is 0 Å². The van der Waals surface area contributed by atoms with E-state index in [1.54, 1.807) is 0 Å². The number of aliphatic hydroxyl groups is 1. The molecule has 1 N–H and O–H groups in total. The van der Waals surface area contributed by atoms with Crippen molar-refractivity contribution in [2.45, 2.75) is 53.0 Å². The van der Waals surface area contributed by atoms with Crippen LogP contribution >= 0.6 is 0 Å². The van der Waals surface area contributed by atoms with Crippen molar-refractivity contribution >= 4 is 18.7 Å². The van der Waals surface area contributed by atoms with E-state index >= 15 is 0 Å². The van der Waals surface area contributed by atoms with Crippen LogP contribution in [0.1, 0.15) is 48.0 Å². The second-order valence-electron chi connectivity index (χ2n) is 10.2. The van der Waals surface area contributed by atoms with Gasteiger partial charge in [0, 0.05) is 13.2 Å². The minimum Gasteiger partial charge on any atom is -0.407 e. The van der Waals surface area contributed by atoms with Crippen LogP contribution < -0.4 is 10.4 Å². The minimum absolute atomic E-state index is 0.000163. The summed E-state index contributed by atoms with van der Waals surface area (Å²) >= 11 is 0. The van der Waals surface area contributed by atoms with Gasteiger partial charge in [0.2, 0.25) is 0 Å². The van der Waals surface area contributed by atoms with E-state index in [1.165, 1.54) is 10.4 Å². The van der Waals surface area contributed by atoms with Gasteiger partial charge in [-0.05, 0) is 38.6 Å². The Morgan fingerprint density at radius 3 is 1.79 bits per heavy atom. The smallest absolute Gasteiger partial charge is 0.261 e. The predicted octanol–water partition coefficient (Wildman–Crippen LogP) is 4.61. The summed E-state index contributed by atoms with van der Waals surface area (Å²) in [5, 5.41) is 12.5. The monoisotopic (exact) mass is 396 g/mol. The SMILES string of the molecule is C[C@H](CO[Si](c1ccccc1)(c1ccccc1)C(C)(C)C)[C@]1(C)C[C@]1(C)CO. The molecule has 1 saturated carbocycles. The number of aliphatic hydroxyl groups excluding tert-OH is 1. The molecule has 1 aliphatic rings. The second kappa shape index (κ2) is 7.44. The van der Waals surface area contributed by atoms with Crippen molar-refractivity contribution in [2.75, 3.05) is 13.2 Å². The Hall–Kier alpha value is -1.42. The summed E-state index contributed by atoms with van der Waals surface area (Å²) in [6, 6.07) is 21.6. The van der Waals surface area contributed by atoms with Crippen LogP contribution in [0.15, 0.2) is 60.7 Å². The van der Waals surface area contributed by atoms with Crippen LogP contribution in [-0.2, 0) is 4.43 Å². The van der Waals surface area contributed by atoms with Crippen molar-refractivity contribution in [3.63, 3.8) is 0 Å². The maximum absolute atomic E-state index is 9.83.